The third kappa shape index (κ3) is 2.81. The molecule has 0 atom stereocenters. The van der Waals surface area contributed by atoms with Crippen LogP contribution in [0.25, 0.3) is 0 Å². The summed E-state index contributed by atoms with van der Waals surface area (Å²) in [5.41, 5.74) is 11.8. The van der Waals surface area contributed by atoms with E-state index in [9.17, 15) is 0 Å². The lowest BCUT2D eigenvalue weighted by Crippen LogP contribution is -2.01. The first-order chi connectivity index (χ1) is 5.33. The van der Waals surface area contributed by atoms with Crippen LogP contribution in [0.1, 0.15) is 5.69 Å². The number of aromatic amines is 1. The molecule has 11 heavy (non-hydrogen) atoms. The molecule has 0 aliphatic heterocycles. The lowest BCUT2D eigenvalue weighted by molar-refractivity contribution is 1.14. The highest BCUT2D eigenvalue weighted by Gasteiger charge is 1.95. The summed E-state index contributed by atoms with van der Waals surface area (Å²) < 4.78 is 0. The quantitative estimate of drug-likeness (QED) is 0.566. The van der Waals surface area contributed by atoms with E-state index in [-0.39, 0.29) is 0 Å². The van der Waals surface area contributed by atoms with Gasteiger partial charge in [0.15, 0.2) is 5.95 Å². The van der Waals surface area contributed by atoms with Crippen molar-refractivity contribution in [1.82, 2.24) is 9.97 Å². The third-order valence-corrected chi connectivity index (χ3v) is 2.21. The van der Waals surface area contributed by atoms with Crippen LogP contribution in [0.3, 0.4) is 0 Å². The van der Waals surface area contributed by atoms with Crippen LogP contribution in [0, 0.1) is 0 Å². The van der Waals surface area contributed by atoms with Crippen molar-refractivity contribution in [2.45, 2.75) is 5.75 Å². The van der Waals surface area contributed by atoms with Gasteiger partial charge >= 0.3 is 0 Å². The summed E-state index contributed by atoms with van der Waals surface area (Å²) in [7, 11) is 0. The minimum absolute atomic E-state index is 0.480. The molecule has 4 nitrogen and oxygen atoms in total. The Balaban J connectivity index is 2.27. The number of H-pyrrole nitrogens is 1. The summed E-state index contributed by atoms with van der Waals surface area (Å²) in [6.07, 6.45) is 1.75. The monoisotopic (exact) mass is 172 g/mol. The van der Waals surface area contributed by atoms with Crippen LogP contribution in [0.2, 0.25) is 0 Å². The molecule has 0 saturated heterocycles. The molecule has 0 amide bonds. The number of anilines is 1. The van der Waals surface area contributed by atoms with E-state index in [1.54, 1.807) is 18.0 Å². The largest absolute Gasteiger partial charge is 0.369 e. The van der Waals surface area contributed by atoms with Crippen LogP contribution in [-0.2, 0) is 5.75 Å². The van der Waals surface area contributed by atoms with Gasteiger partial charge in [0.1, 0.15) is 0 Å². The van der Waals surface area contributed by atoms with Crippen LogP contribution in [0.4, 0.5) is 5.95 Å². The molecule has 0 saturated carbocycles. The second-order valence-electron chi connectivity index (χ2n) is 2.13. The van der Waals surface area contributed by atoms with Crippen molar-refractivity contribution >= 4 is 17.7 Å². The summed E-state index contributed by atoms with van der Waals surface area (Å²) in [6, 6.07) is 0. The number of nitrogen functional groups attached to an aromatic ring is 1. The van der Waals surface area contributed by atoms with E-state index in [4.69, 9.17) is 11.5 Å². The molecular weight excluding hydrogens is 160 g/mol. The zero-order valence-corrected chi connectivity index (χ0v) is 7.03. The fraction of sp³-hybridized carbons (Fsp3) is 0.500. The molecule has 0 radical (unpaired) electrons. The fourth-order valence-electron chi connectivity index (χ4n) is 0.715. The Morgan fingerprint density at radius 2 is 2.45 bits per heavy atom. The van der Waals surface area contributed by atoms with Crippen LogP contribution in [0.5, 0.6) is 0 Å². The molecule has 0 unspecified atom stereocenters. The van der Waals surface area contributed by atoms with Gasteiger partial charge in [-0.25, -0.2) is 4.98 Å². The van der Waals surface area contributed by atoms with Gasteiger partial charge < -0.3 is 16.5 Å². The first-order valence-corrected chi connectivity index (χ1v) is 4.55. The van der Waals surface area contributed by atoms with Gasteiger partial charge in [-0.15, -0.1) is 0 Å². The van der Waals surface area contributed by atoms with Gasteiger partial charge in [0, 0.05) is 23.7 Å². The molecule has 1 rings (SSSR count). The molecule has 5 heteroatoms. The van der Waals surface area contributed by atoms with Crippen LogP contribution < -0.4 is 11.5 Å². The lowest BCUT2D eigenvalue weighted by atomic mass is 10.6. The maximum absolute atomic E-state index is 5.38. The van der Waals surface area contributed by atoms with Crippen molar-refractivity contribution in [3.63, 3.8) is 0 Å². The average molecular weight is 172 g/mol. The van der Waals surface area contributed by atoms with Gasteiger partial charge in [0.05, 0.1) is 6.20 Å². The summed E-state index contributed by atoms with van der Waals surface area (Å²) in [6.45, 7) is 0.717. The molecule has 0 spiro atoms. The number of hydrogen-bond donors (Lipinski definition) is 3. The molecule has 5 N–H and O–H groups in total. The standard InChI is InChI=1S/C6H12N4S/c7-1-2-11-4-5-3-9-6(8)10-5/h3H,1-2,4,7H2,(H3,8,9,10). The smallest absolute Gasteiger partial charge is 0.197 e. The fourth-order valence-corrected chi connectivity index (χ4v) is 1.39. The molecule has 0 aliphatic carbocycles. The van der Waals surface area contributed by atoms with Crippen molar-refractivity contribution in [2.75, 3.05) is 18.0 Å². The van der Waals surface area contributed by atoms with Crippen molar-refractivity contribution in [3.8, 4) is 0 Å². The van der Waals surface area contributed by atoms with Gasteiger partial charge in [0.2, 0.25) is 0 Å². The Hall–Kier alpha value is -0.680. The molecule has 62 valence electrons. The maximum atomic E-state index is 5.38. The van der Waals surface area contributed by atoms with E-state index in [1.807, 2.05) is 0 Å². The average Bonchev–Trinajstić information content (AvgIpc) is 2.37. The Bertz CT molecular complexity index is 210. The number of hydrogen-bond acceptors (Lipinski definition) is 4. The summed E-state index contributed by atoms with van der Waals surface area (Å²) in [5, 5.41) is 0. The zero-order valence-electron chi connectivity index (χ0n) is 6.21. The van der Waals surface area contributed by atoms with Crippen LogP contribution in [0.15, 0.2) is 6.20 Å². The second-order valence-corrected chi connectivity index (χ2v) is 3.24. The lowest BCUT2D eigenvalue weighted by Gasteiger charge is -1.94. The number of nitrogens with zero attached hydrogens (tertiary/aromatic N) is 1. The topological polar surface area (TPSA) is 80.7 Å². The van der Waals surface area contributed by atoms with Gasteiger partial charge in [-0.05, 0) is 0 Å². The number of aromatic nitrogens is 2. The normalized spacial score (nSPS) is 10.3. The van der Waals surface area contributed by atoms with E-state index in [0.29, 0.717) is 12.5 Å². The third-order valence-electron chi connectivity index (χ3n) is 1.17. The maximum Gasteiger partial charge on any atom is 0.197 e. The Morgan fingerprint density at radius 3 is 3.00 bits per heavy atom. The Morgan fingerprint density at radius 1 is 1.64 bits per heavy atom. The predicted octanol–water partition coefficient (Wildman–Crippen LogP) is 0.184. The van der Waals surface area contributed by atoms with E-state index in [1.165, 1.54) is 0 Å². The number of nitrogens with two attached hydrogens (primary N) is 2. The minimum Gasteiger partial charge on any atom is -0.369 e. The molecule has 0 aromatic carbocycles. The molecule has 0 bridgehead atoms. The van der Waals surface area contributed by atoms with Gasteiger partial charge in [-0.3, -0.25) is 0 Å². The number of rotatable bonds is 4. The molecule has 0 fully saturated rings. The highest BCUT2D eigenvalue weighted by molar-refractivity contribution is 7.98. The minimum atomic E-state index is 0.480. The predicted molar refractivity (Wildman–Crippen MR) is 48.2 cm³/mol. The van der Waals surface area contributed by atoms with E-state index >= 15 is 0 Å². The molecular formula is C6H12N4S. The van der Waals surface area contributed by atoms with E-state index in [0.717, 1.165) is 17.2 Å². The van der Waals surface area contributed by atoms with Crippen LogP contribution >= 0.6 is 11.8 Å². The van der Waals surface area contributed by atoms with Gasteiger partial charge in [-0.2, -0.15) is 11.8 Å². The van der Waals surface area contributed by atoms with Crippen LogP contribution in [-0.4, -0.2) is 22.3 Å². The molecule has 1 aromatic rings. The first kappa shape index (κ1) is 8.42. The number of thioether (sulfide) groups is 1. The zero-order chi connectivity index (χ0) is 8.10. The van der Waals surface area contributed by atoms with Gasteiger partial charge in [0.25, 0.3) is 0 Å². The number of imidazole rings is 1. The molecule has 1 aromatic heterocycles. The molecule has 1 heterocycles. The van der Waals surface area contributed by atoms with Crippen molar-refractivity contribution in [2.24, 2.45) is 5.73 Å². The second kappa shape index (κ2) is 4.25. The van der Waals surface area contributed by atoms with Crippen molar-refractivity contribution in [3.05, 3.63) is 11.9 Å². The SMILES string of the molecule is NCCSCc1cnc(N)[nH]1. The summed E-state index contributed by atoms with van der Waals surface area (Å²) in [5.74, 6) is 2.36. The van der Waals surface area contributed by atoms with Crippen molar-refractivity contribution < 1.29 is 0 Å². The summed E-state index contributed by atoms with van der Waals surface area (Å²) in [4.78, 5) is 6.81. The first-order valence-electron chi connectivity index (χ1n) is 3.40. The highest BCUT2D eigenvalue weighted by Crippen LogP contribution is 2.09. The Labute approximate surface area is 69.8 Å². The number of nitrogens with one attached hydrogen (secondary N) is 1. The van der Waals surface area contributed by atoms with E-state index in [2.05, 4.69) is 9.97 Å². The Kier molecular flexibility index (Phi) is 3.25. The molecule has 0 aliphatic rings. The summed E-state index contributed by atoms with van der Waals surface area (Å²) >= 11 is 1.77. The van der Waals surface area contributed by atoms with E-state index < -0.39 is 0 Å². The highest BCUT2D eigenvalue weighted by atomic mass is 32.2. The van der Waals surface area contributed by atoms with Gasteiger partial charge in [-0.1, -0.05) is 0 Å². The van der Waals surface area contributed by atoms with Crippen molar-refractivity contribution in [1.29, 1.82) is 0 Å².